The Kier molecular flexibility index (Phi) is 6.20. The highest BCUT2D eigenvalue weighted by molar-refractivity contribution is 5.94. The number of nitrogens with one attached hydrogen (secondary N) is 1. The Balaban J connectivity index is 1.61. The molecule has 154 valence electrons. The summed E-state index contributed by atoms with van der Waals surface area (Å²) >= 11 is 0. The molecule has 0 aliphatic carbocycles. The Morgan fingerprint density at radius 2 is 1.67 bits per heavy atom. The first kappa shape index (κ1) is 19.8. The molecule has 2 aromatic carbocycles. The highest BCUT2D eigenvalue weighted by atomic mass is 16.5. The van der Waals surface area contributed by atoms with Crippen molar-refractivity contribution in [3.63, 3.8) is 0 Å². The lowest BCUT2D eigenvalue weighted by molar-refractivity contribution is 0.0940. The Morgan fingerprint density at radius 3 is 2.37 bits per heavy atom. The first-order chi connectivity index (χ1) is 14.7. The molecule has 7 nitrogen and oxygen atoms in total. The second kappa shape index (κ2) is 9.37. The number of likely N-dealkylation sites (tertiary alicyclic amines) is 1. The quantitative estimate of drug-likeness (QED) is 0.655. The Hall–Kier alpha value is -3.45. The SMILES string of the molecule is O=C(NCCN1CCCC1)c1nn(-c2ccccc2)c(=O)cc1Oc1ccccc1. The summed E-state index contributed by atoms with van der Waals surface area (Å²) in [6.07, 6.45) is 2.40. The summed E-state index contributed by atoms with van der Waals surface area (Å²) in [6, 6.07) is 19.4. The molecule has 0 atom stereocenters. The summed E-state index contributed by atoms with van der Waals surface area (Å²) in [4.78, 5) is 27.9. The van der Waals surface area contributed by atoms with Crippen LogP contribution in [0.4, 0.5) is 0 Å². The number of para-hydroxylation sites is 2. The fourth-order valence-corrected chi connectivity index (χ4v) is 3.46. The van der Waals surface area contributed by atoms with E-state index < -0.39 is 0 Å². The molecule has 0 spiro atoms. The van der Waals surface area contributed by atoms with E-state index in [9.17, 15) is 9.59 Å². The summed E-state index contributed by atoms with van der Waals surface area (Å²) in [5.41, 5.74) is 0.282. The van der Waals surface area contributed by atoms with Gasteiger partial charge in [0.15, 0.2) is 11.4 Å². The van der Waals surface area contributed by atoms with Crippen LogP contribution in [-0.2, 0) is 0 Å². The van der Waals surface area contributed by atoms with Crippen molar-refractivity contribution in [1.29, 1.82) is 0 Å². The Labute approximate surface area is 174 Å². The standard InChI is InChI=1S/C23H24N4O3/c28-21-17-20(30-19-11-5-2-6-12-19)22(25-27(21)18-9-3-1-4-10-18)23(29)24-13-16-26-14-7-8-15-26/h1-6,9-12,17H,7-8,13-16H2,(H,24,29). The number of amides is 1. The minimum atomic E-state index is -0.374. The van der Waals surface area contributed by atoms with Gasteiger partial charge in [0.25, 0.3) is 11.5 Å². The number of hydrogen-bond acceptors (Lipinski definition) is 5. The van der Waals surface area contributed by atoms with Gasteiger partial charge < -0.3 is 15.0 Å². The monoisotopic (exact) mass is 404 g/mol. The van der Waals surface area contributed by atoms with Crippen molar-refractivity contribution in [3.05, 3.63) is 82.8 Å². The smallest absolute Gasteiger partial charge is 0.275 e. The van der Waals surface area contributed by atoms with Crippen molar-refractivity contribution in [2.24, 2.45) is 0 Å². The largest absolute Gasteiger partial charge is 0.455 e. The number of rotatable bonds is 7. The van der Waals surface area contributed by atoms with Crippen LogP contribution < -0.4 is 15.6 Å². The zero-order valence-corrected chi connectivity index (χ0v) is 16.7. The molecule has 1 N–H and O–H groups in total. The van der Waals surface area contributed by atoms with Gasteiger partial charge in [-0.25, -0.2) is 0 Å². The first-order valence-corrected chi connectivity index (χ1v) is 10.1. The molecular weight excluding hydrogens is 380 g/mol. The van der Waals surface area contributed by atoms with Crippen LogP contribution in [0.3, 0.4) is 0 Å². The molecule has 1 aromatic heterocycles. The molecule has 1 aliphatic rings. The van der Waals surface area contributed by atoms with Gasteiger partial charge in [-0.15, -0.1) is 0 Å². The van der Waals surface area contributed by atoms with Gasteiger partial charge in [0.05, 0.1) is 11.8 Å². The highest BCUT2D eigenvalue weighted by Gasteiger charge is 2.20. The van der Waals surface area contributed by atoms with Crippen molar-refractivity contribution in [1.82, 2.24) is 20.0 Å². The van der Waals surface area contributed by atoms with E-state index in [-0.39, 0.29) is 22.9 Å². The number of hydrogen-bond donors (Lipinski definition) is 1. The second-order valence-electron chi connectivity index (χ2n) is 7.16. The molecule has 1 saturated heterocycles. The lowest BCUT2D eigenvalue weighted by Crippen LogP contribution is -2.35. The van der Waals surface area contributed by atoms with Crippen molar-refractivity contribution >= 4 is 5.91 Å². The molecule has 30 heavy (non-hydrogen) atoms. The minimum absolute atomic E-state index is 0.0729. The van der Waals surface area contributed by atoms with Gasteiger partial charge >= 0.3 is 0 Å². The third-order valence-corrected chi connectivity index (χ3v) is 5.00. The number of ether oxygens (including phenoxy) is 1. The van der Waals surface area contributed by atoms with E-state index in [1.807, 2.05) is 36.4 Å². The van der Waals surface area contributed by atoms with Crippen molar-refractivity contribution < 1.29 is 9.53 Å². The molecule has 0 unspecified atom stereocenters. The van der Waals surface area contributed by atoms with Crippen molar-refractivity contribution in [2.45, 2.75) is 12.8 Å². The molecule has 1 amide bonds. The average molecular weight is 404 g/mol. The first-order valence-electron chi connectivity index (χ1n) is 10.1. The zero-order valence-electron chi connectivity index (χ0n) is 16.7. The summed E-state index contributed by atoms with van der Waals surface area (Å²) in [5.74, 6) is 0.296. The van der Waals surface area contributed by atoms with Crippen LogP contribution in [-0.4, -0.2) is 46.8 Å². The number of carbonyl (C=O) groups excluding carboxylic acids is 1. The molecule has 7 heteroatoms. The number of benzene rings is 2. The van der Waals surface area contributed by atoms with Crippen molar-refractivity contribution in [3.8, 4) is 17.2 Å². The number of nitrogens with zero attached hydrogens (tertiary/aromatic N) is 3. The van der Waals surface area contributed by atoms with E-state index in [0.717, 1.165) is 19.6 Å². The topological polar surface area (TPSA) is 76.5 Å². The minimum Gasteiger partial charge on any atom is -0.455 e. The maximum Gasteiger partial charge on any atom is 0.275 e. The van der Waals surface area contributed by atoms with Gasteiger partial charge in [-0.3, -0.25) is 9.59 Å². The third-order valence-electron chi connectivity index (χ3n) is 5.00. The van der Waals surface area contributed by atoms with Crippen molar-refractivity contribution in [2.75, 3.05) is 26.2 Å². The van der Waals surface area contributed by atoms with Crippen LogP contribution in [0.1, 0.15) is 23.3 Å². The lowest BCUT2D eigenvalue weighted by Gasteiger charge is -2.16. The van der Waals surface area contributed by atoms with Gasteiger partial charge in [-0.05, 0) is 50.2 Å². The molecular formula is C23H24N4O3. The molecule has 0 bridgehead atoms. The van der Waals surface area contributed by atoms with E-state index in [0.29, 0.717) is 18.0 Å². The maximum atomic E-state index is 12.9. The highest BCUT2D eigenvalue weighted by Crippen LogP contribution is 2.23. The molecule has 0 radical (unpaired) electrons. The van der Waals surface area contributed by atoms with Crippen LogP contribution in [0, 0.1) is 0 Å². The lowest BCUT2D eigenvalue weighted by atomic mass is 10.3. The Bertz CT molecular complexity index is 1050. The zero-order chi connectivity index (χ0) is 20.8. The summed E-state index contributed by atoms with van der Waals surface area (Å²) < 4.78 is 7.05. The summed E-state index contributed by atoms with van der Waals surface area (Å²) in [5, 5.41) is 7.25. The van der Waals surface area contributed by atoms with E-state index >= 15 is 0 Å². The van der Waals surface area contributed by atoms with E-state index in [1.54, 1.807) is 24.3 Å². The third kappa shape index (κ3) is 4.75. The fourth-order valence-electron chi connectivity index (χ4n) is 3.46. The molecule has 1 aliphatic heterocycles. The van der Waals surface area contributed by atoms with Gasteiger partial charge in [-0.2, -0.15) is 9.78 Å². The van der Waals surface area contributed by atoms with Gasteiger partial charge in [0.1, 0.15) is 5.75 Å². The van der Waals surface area contributed by atoms with Gasteiger partial charge in [0, 0.05) is 13.1 Å². The number of aromatic nitrogens is 2. The normalized spacial score (nSPS) is 13.9. The van der Waals surface area contributed by atoms with Crippen LogP contribution >= 0.6 is 0 Å². The molecule has 0 saturated carbocycles. The number of carbonyl (C=O) groups is 1. The van der Waals surface area contributed by atoms with E-state index in [4.69, 9.17) is 4.74 Å². The molecule has 1 fully saturated rings. The predicted molar refractivity (Wildman–Crippen MR) is 114 cm³/mol. The second-order valence-corrected chi connectivity index (χ2v) is 7.16. The van der Waals surface area contributed by atoms with Crippen LogP contribution in [0.5, 0.6) is 11.5 Å². The van der Waals surface area contributed by atoms with Crippen LogP contribution in [0.2, 0.25) is 0 Å². The van der Waals surface area contributed by atoms with Gasteiger partial charge in [0.2, 0.25) is 0 Å². The predicted octanol–water partition coefficient (Wildman–Crippen LogP) is 2.85. The van der Waals surface area contributed by atoms with Crippen LogP contribution in [0.15, 0.2) is 71.5 Å². The molecule has 4 rings (SSSR count). The maximum absolute atomic E-state index is 12.9. The van der Waals surface area contributed by atoms with Gasteiger partial charge in [-0.1, -0.05) is 36.4 Å². The van der Waals surface area contributed by atoms with Crippen LogP contribution in [0.25, 0.3) is 5.69 Å². The summed E-state index contributed by atoms with van der Waals surface area (Å²) in [6.45, 7) is 3.43. The summed E-state index contributed by atoms with van der Waals surface area (Å²) in [7, 11) is 0. The fraction of sp³-hybridized carbons (Fsp3) is 0.261. The average Bonchev–Trinajstić information content (AvgIpc) is 3.29. The Morgan fingerprint density at radius 1 is 1.00 bits per heavy atom. The molecule has 2 heterocycles. The molecule has 3 aromatic rings. The van der Waals surface area contributed by atoms with E-state index in [1.165, 1.54) is 23.6 Å². The van der Waals surface area contributed by atoms with E-state index in [2.05, 4.69) is 15.3 Å².